The minimum Gasteiger partial charge on any atom is -0.494 e. The van der Waals surface area contributed by atoms with Crippen molar-refractivity contribution in [3.8, 4) is 35.7 Å². The number of hydrogen-bond donors (Lipinski definition) is 0. The highest BCUT2D eigenvalue weighted by Gasteiger charge is 2.07. The fraction of sp³-hybridized carbons (Fsp3) is 0.257. The molecule has 0 aliphatic rings. The second-order valence-electron chi connectivity index (χ2n) is 9.20. The third-order valence-electron chi connectivity index (χ3n) is 5.62. The first-order valence-corrected chi connectivity index (χ1v) is 13.2. The van der Waals surface area contributed by atoms with E-state index in [1.165, 1.54) is 0 Å². The van der Waals surface area contributed by atoms with Crippen LogP contribution in [0.5, 0.6) is 11.5 Å². The van der Waals surface area contributed by atoms with Gasteiger partial charge in [-0.2, -0.15) is 0 Å². The summed E-state index contributed by atoms with van der Waals surface area (Å²) in [6.45, 7) is 10.6. The van der Waals surface area contributed by atoms with Crippen LogP contribution in [0.15, 0.2) is 90.6 Å². The van der Waals surface area contributed by atoms with Crippen LogP contribution in [0.25, 0.3) is 5.57 Å². The van der Waals surface area contributed by atoms with Crippen molar-refractivity contribution < 1.29 is 28.2 Å². The van der Waals surface area contributed by atoms with Crippen molar-refractivity contribution in [1.29, 1.82) is 0 Å². The van der Waals surface area contributed by atoms with Crippen LogP contribution in [0.4, 0.5) is 4.39 Å². The molecular formula is C35H35FO5. The number of alkyl halides is 1. The first-order valence-electron chi connectivity index (χ1n) is 13.2. The van der Waals surface area contributed by atoms with E-state index in [4.69, 9.17) is 20.6 Å². The molecule has 0 spiro atoms. The molecule has 0 aliphatic carbocycles. The highest BCUT2D eigenvalue weighted by molar-refractivity contribution is 5.88. The van der Waals surface area contributed by atoms with Gasteiger partial charge in [0.05, 0.1) is 18.8 Å². The van der Waals surface area contributed by atoms with Crippen molar-refractivity contribution in [2.75, 3.05) is 19.9 Å². The number of halogens is 1. The first-order chi connectivity index (χ1) is 19.7. The van der Waals surface area contributed by atoms with E-state index < -0.39 is 12.6 Å². The number of rotatable bonds is 14. The number of hydrogen-bond acceptors (Lipinski definition) is 5. The molecule has 2 aromatic carbocycles. The maximum absolute atomic E-state index is 13.7. The Kier molecular flexibility index (Phi) is 14.0. The topological polar surface area (TPSA) is 61.8 Å². The molecule has 0 atom stereocenters. The van der Waals surface area contributed by atoms with E-state index in [-0.39, 0.29) is 11.5 Å². The van der Waals surface area contributed by atoms with Crippen molar-refractivity contribution in [1.82, 2.24) is 0 Å². The standard InChI is InChI=1S/C35H35FO5/c1-6-28(13-16-31(25-36)30-17-21-33(22-18-30)41-35(38)27(4)5)11-12-29-14-19-32(20-15-29)39-23-9-7-8-10-24-40-34(37)26(2)3/h1,13-22H,2,4,7-10,23-25H2,3,5H3/b28-13+,31-16+. The zero-order chi connectivity index (χ0) is 30.0. The molecule has 0 aromatic heterocycles. The van der Waals surface area contributed by atoms with Gasteiger partial charge in [-0.25, -0.2) is 14.0 Å². The normalized spacial score (nSPS) is 11.0. The van der Waals surface area contributed by atoms with E-state index in [1.807, 2.05) is 24.3 Å². The van der Waals surface area contributed by atoms with Gasteiger partial charge in [-0.1, -0.05) is 49.1 Å². The monoisotopic (exact) mass is 554 g/mol. The van der Waals surface area contributed by atoms with Gasteiger partial charge >= 0.3 is 11.9 Å². The van der Waals surface area contributed by atoms with Crippen LogP contribution in [-0.4, -0.2) is 31.8 Å². The molecule has 212 valence electrons. The molecule has 0 bridgehead atoms. The van der Waals surface area contributed by atoms with E-state index in [0.717, 1.165) is 37.0 Å². The quantitative estimate of drug-likeness (QED) is 0.0618. The maximum atomic E-state index is 13.7. The summed E-state index contributed by atoms with van der Waals surface area (Å²) in [7, 11) is 0. The summed E-state index contributed by atoms with van der Waals surface area (Å²) in [4.78, 5) is 23.0. The average molecular weight is 555 g/mol. The third-order valence-corrected chi connectivity index (χ3v) is 5.62. The molecule has 0 saturated heterocycles. The lowest BCUT2D eigenvalue weighted by atomic mass is 10.1. The van der Waals surface area contributed by atoms with Gasteiger partial charge in [0.25, 0.3) is 0 Å². The van der Waals surface area contributed by atoms with Crippen LogP contribution < -0.4 is 9.47 Å². The van der Waals surface area contributed by atoms with E-state index >= 15 is 0 Å². The van der Waals surface area contributed by atoms with E-state index in [0.29, 0.717) is 41.2 Å². The molecule has 0 saturated carbocycles. The largest absolute Gasteiger partial charge is 0.494 e. The first kappa shape index (κ1) is 32.4. The van der Waals surface area contributed by atoms with Gasteiger partial charge in [-0.05, 0) is 93.1 Å². The van der Waals surface area contributed by atoms with Gasteiger partial charge in [0, 0.05) is 16.7 Å². The van der Waals surface area contributed by atoms with Crippen LogP contribution in [0.1, 0.15) is 50.7 Å². The Morgan fingerprint density at radius 2 is 1.46 bits per heavy atom. The Labute approximate surface area is 242 Å². The lowest BCUT2D eigenvalue weighted by molar-refractivity contribution is -0.139. The molecule has 2 aromatic rings. The number of allylic oxidation sites excluding steroid dienone is 4. The van der Waals surface area contributed by atoms with E-state index in [9.17, 15) is 14.0 Å². The number of carbonyl (C=O) groups is 2. The molecule has 0 unspecified atom stereocenters. The summed E-state index contributed by atoms with van der Waals surface area (Å²) in [6.07, 6.45) is 12.4. The zero-order valence-corrected chi connectivity index (χ0v) is 23.6. The zero-order valence-electron chi connectivity index (χ0n) is 23.6. The van der Waals surface area contributed by atoms with Crippen molar-refractivity contribution in [3.05, 3.63) is 102 Å². The van der Waals surface area contributed by atoms with Crippen LogP contribution in [0.2, 0.25) is 0 Å². The number of ether oxygens (including phenoxy) is 3. The van der Waals surface area contributed by atoms with Gasteiger partial charge in [0.1, 0.15) is 18.2 Å². The Hall–Kier alpha value is -4.81. The number of unbranched alkanes of at least 4 members (excludes halogenated alkanes) is 3. The number of carbonyl (C=O) groups excluding carboxylic acids is 2. The summed E-state index contributed by atoms with van der Waals surface area (Å²) in [5, 5.41) is 0. The van der Waals surface area contributed by atoms with Crippen LogP contribution in [-0.2, 0) is 14.3 Å². The Bertz CT molecular complexity index is 1380. The lowest BCUT2D eigenvalue weighted by Crippen LogP contribution is -2.08. The molecule has 5 nitrogen and oxygen atoms in total. The fourth-order valence-electron chi connectivity index (χ4n) is 3.27. The minimum atomic E-state index is -0.709. The highest BCUT2D eigenvalue weighted by atomic mass is 19.1. The number of esters is 2. The third kappa shape index (κ3) is 12.3. The molecule has 6 heteroatoms. The number of terminal acetylenes is 1. The van der Waals surface area contributed by atoms with Gasteiger partial charge in [0.15, 0.2) is 0 Å². The predicted molar refractivity (Wildman–Crippen MR) is 161 cm³/mol. The molecule has 41 heavy (non-hydrogen) atoms. The van der Waals surface area contributed by atoms with Crippen LogP contribution >= 0.6 is 0 Å². The molecule has 0 amide bonds. The van der Waals surface area contributed by atoms with Gasteiger partial charge < -0.3 is 14.2 Å². The molecule has 0 aliphatic heterocycles. The molecular weight excluding hydrogens is 519 g/mol. The van der Waals surface area contributed by atoms with Gasteiger partial charge in [0.2, 0.25) is 0 Å². The van der Waals surface area contributed by atoms with Gasteiger partial charge in [-0.15, -0.1) is 6.42 Å². The Balaban J connectivity index is 1.86. The Morgan fingerprint density at radius 1 is 0.854 bits per heavy atom. The lowest BCUT2D eigenvalue weighted by Gasteiger charge is -2.07. The molecule has 0 N–H and O–H groups in total. The summed E-state index contributed by atoms with van der Waals surface area (Å²) in [6, 6.07) is 13.9. The van der Waals surface area contributed by atoms with Crippen molar-refractivity contribution >= 4 is 17.5 Å². The molecule has 2 rings (SSSR count). The molecule has 0 heterocycles. The average Bonchev–Trinajstić information content (AvgIpc) is 2.97. The molecule has 0 fully saturated rings. The summed E-state index contributed by atoms with van der Waals surface area (Å²) in [5.41, 5.74) is 2.90. The second kappa shape index (κ2) is 17.7. The van der Waals surface area contributed by atoms with Crippen LogP contribution in [0, 0.1) is 24.2 Å². The fourth-order valence-corrected chi connectivity index (χ4v) is 3.27. The maximum Gasteiger partial charge on any atom is 0.338 e. The minimum absolute atomic E-state index is 0.288. The summed E-state index contributed by atoms with van der Waals surface area (Å²) < 4.78 is 29.7. The second-order valence-corrected chi connectivity index (χ2v) is 9.20. The highest BCUT2D eigenvalue weighted by Crippen LogP contribution is 2.20. The van der Waals surface area contributed by atoms with Crippen molar-refractivity contribution in [3.63, 3.8) is 0 Å². The summed E-state index contributed by atoms with van der Waals surface area (Å²) in [5.74, 6) is 8.69. The number of benzene rings is 2. The van der Waals surface area contributed by atoms with E-state index in [1.54, 1.807) is 50.3 Å². The van der Waals surface area contributed by atoms with Crippen LogP contribution in [0.3, 0.4) is 0 Å². The van der Waals surface area contributed by atoms with E-state index in [2.05, 4.69) is 30.9 Å². The smallest absolute Gasteiger partial charge is 0.338 e. The van der Waals surface area contributed by atoms with Crippen molar-refractivity contribution in [2.45, 2.75) is 39.5 Å². The SMILES string of the molecule is C#C/C(C#Cc1ccc(OCCCCCCOC(=O)C(=C)C)cc1)=C\C=C(/CF)c1ccc(OC(=O)C(=C)C)cc1. The summed E-state index contributed by atoms with van der Waals surface area (Å²) >= 11 is 0. The van der Waals surface area contributed by atoms with Crippen molar-refractivity contribution in [2.24, 2.45) is 0 Å². The molecule has 0 radical (unpaired) electrons. The predicted octanol–water partition coefficient (Wildman–Crippen LogP) is 7.19. The van der Waals surface area contributed by atoms with Gasteiger partial charge in [-0.3, -0.25) is 0 Å². The Morgan fingerprint density at radius 3 is 2.05 bits per heavy atom.